The van der Waals surface area contributed by atoms with Gasteiger partial charge >= 0.3 is 0 Å². The van der Waals surface area contributed by atoms with Gasteiger partial charge in [0, 0.05) is 41.9 Å². The molecule has 33 heavy (non-hydrogen) atoms. The fourth-order valence-electron chi connectivity index (χ4n) is 3.25. The molecule has 9 heteroatoms. The predicted octanol–water partition coefficient (Wildman–Crippen LogP) is 3.95. The number of amides is 1. The monoisotopic (exact) mass is 442 g/mol. The maximum absolute atomic E-state index is 12.2. The maximum Gasteiger partial charge on any atom is 0.227 e. The maximum atomic E-state index is 12.2. The summed E-state index contributed by atoms with van der Waals surface area (Å²) in [5, 5.41) is 6.14. The number of carbonyl (C=O) groups is 1. The number of rotatable bonds is 9. The third-order valence-electron chi connectivity index (χ3n) is 4.85. The number of carbonyl (C=O) groups excluding carboxylic acids is 1. The Hall–Kier alpha value is -4.11. The Morgan fingerprint density at radius 2 is 1.91 bits per heavy atom. The van der Waals surface area contributed by atoms with Crippen LogP contribution in [0.4, 0.5) is 17.3 Å². The number of hydrogen-bond acceptors (Lipinski definition) is 7. The lowest BCUT2D eigenvalue weighted by Crippen LogP contribution is -2.17. The SMILES string of the molecule is CN(C)CCCC(=O)Nc1cccc(Nc2nccc(-c3cnc(-c4cccnc4)[nH]3)n2)c1. The average Bonchev–Trinajstić information content (AvgIpc) is 3.30. The van der Waals surface area contributed by atoms with Gasteiger partial charge in [-0.2, -0.15) is 0 Å². The Morgan fingerprint density at radius 1 is 1.03 bits per heavy atom. The second-order valence-corrected chi connectivity index (χ2v) is 7.81. The van der Waals surface area contributed by atoms with E-state index in [1.807, 2.05) is 56.6 Å². The summed E-state index contributed by atoms with van der Waals surface area (Å²) in [5.74, 6) is 1.16. The summed E-state index contributed by atoms with van der Waals surface area (Å²) >= 11 is 0. The molecule has 0 bridgehead atoms. The molecule has 0 fully saturated rings. The van der Waals surface area contributed by atoms with Gasteiger partial charge in [0.1, 0.15) is 5.82 Å². The van der Waals surface area contributed by atoms with E-state index in [0.29, 0.717) is 18.1 Å². The summed E-state index contributed by atoms with van der Waals surface area (Å²) in [5.41, 5.74) is 3.88. The lowest BCUT2D eigenvalue weighted by atomic mass is 10.2. The zero-order valence-electron chi connectivity index (χ0n) is 18.6. The fraction of sp³-hybridized carbons (Fsp3) is 0.208. The first-order valence-corrected chi connectivity index (χ1v) is 10.7. The first kappa shape index (κ1) is 22.1. The highest BCUT2D eigenvalue weighted by molar-refractivity contribution is 5.91. The van der Waals surface area contributed by atoms with E-state index in [0.717, 1.165) is 41.4 Å². The second-order valence-electron chi connectivity index (χ2n) is 7.81. The van der Waals surface area contributed by atoms with E-state index in [4.69, 9.17) is 0 Å². The molecule has 3 heterocycles. The van der Waals surface area contributed by atoms with Gasteiger partial charge in [0.15, 0.2) is 0 Å². The van der Waals surface area contributed by atoms with Crippen LogP contribution in [0.3, 0.4) is 0 Å². The second kappa shape index (κ2) is 10.5. The summed E-state index contributed by atoms with van der Waals surface area (Å²) in [6.45, 7) is 0.878. The molecule has 168 valence electrons. The molecule has 0 saturated heterocycles. The predicted molar refractivity (Wildman–Crippen MR) is 129 cm³/mol. The molecule has 0 aliphatic heterocycles. The van der Waals surface area contributed by atoms with Crippen LogP contribution in [0.15, 0.2) is 67.3 Å². The van der Waals surface area contributed by atoms with Crippen molar-refractivity contribution in [2.45, 2.75) is 12.8 Å². The first-order valence-electron chi connectivity index (χ1n) is 10.7. The number of nitrogens with zero attached hydrogens (tertiary/aromatic N) is 5. The molecule has 4 rings (SSSR count). The van der Waals surface area contributed by atoms with Crippen LogP contribution >= 0.6 is 0 Å². The molecule has 0 unspecified atom stereocenters. The summed E-state index contributed by atoms with van der Waals surface area (Å²) < 4.78 is 0. The van der Waals surface area contributed by atoms with Crippen molar-refractivity contribution in [1.82, 2.24) is 29.8 Å². The van der Waals surface area contributed by atoms with Crippen LogP contribution in [0.1, 0.15) is 12.8 Å². The molecular weight excluding hydrogens is 416 g/mol. The van der Waals surface area contributed by atoms with Crippen molar-refractivity contribution >= 4 is 23.2 Å². The highest BCUT2D eigenvalue weighted by Gasteiger charge is 2.09. The molecule has 0 aliphatic carbocycles. The van der Waals surface area contributed by atoms with Crippen molar-refractivity contribution in [2.75, 3.05) is 31.3 Å². The van der Waals surface area contributed by atoms with Gasteiger partial charge in [-0.1, -0.05) is 6.07 Å². The van der Waals surface area contributed by atoms with Crippen LogP contribution in [-0.2, 0) is 4.79 Å². The van der Waals surface area contributed by atoms with Crippen molar-refractivity contribution in [3.05, 3.63) is 67.3 Å². The standard InChI is InChI=1S/C24H26N8O/c1-32(2)13-5-9-22(33)28-18-7-3-8-19(14-18)29-24-26-12-10-20(31-24)21-16-27-23(30-21)17-6-4-11-25-15-17/h3-4,6-8,10-12,14-16H,5,9,13H2,1-2H3,(H,27,30)(H,28,33)(H,26,29,31). The number of hydrogen-bond donors (Lipinski definition) is 3. The molecule has 0 saturated carbocycles. The number of benzene rings is 1. The molecule has 1 amide bonds. The number of aromatic nitrogens is 5. The smallest absolute Gasteiger partial charge is 0.227 e. The minimum Gasteiger partial charge on any atom is -0.337 e. The molecule has 3 N–H and O–H groups in total. The third kappa shape index (κ3) is 6.20. The molecule has 3 aromatic heterocycles. The molecule has 0 aliphatic rings. The Bertz CT molecular complexity index is 1210. The number of imidazole rings is 1. The number of aromatic amines is 1. The Kier molecular flexibility index (Phi) is 7.01. The normalized spacial score (nSPS) is 10.9. The van der Waals surface area contributed by atoms with Gasteiger partial charge in [0.05, 0.1) is 17.6 Å². The van der Waals surface area contributed by atoms with Crippen LogP contribution < -0.4 is 10.6 Å². The average molecular weight is 443 g/mol. The van der Waals surface area contributed by atoms with Crippen LogP contribution in [0, 0.1) is 0 Å². The molecule has 0 atom stereocenters. The van der Waals surface area contributed by atoms with Gasteiger partial charge in [-0.3, -0.25) is 9.78 Å². The summed E-state index contributed by atoms with van der Waals surface area (Å²) in [4.78, 5) is 35.0. The number of anilines is 3. The van der Waals surface area contributed by atoms with Crippen LogP contribution in [0.2, 0.25) is 0 Å². The van der Waals surface area contributed by atoms with Gasteiger partial charge in [0.2, 0.25) is 11.9 Å². The van der Waals surface area contributed by atoms with Gasteiger partial charge < -0.3 is 20.5 Å². The van der Waals surface area contributed by atoms with Crippen molar-refractivity contribution in [3.63, 3.8) is 0 Å². The Labute approximate surface area is 192 Å². The quantitative estimate of drug-likeness (QED) is 0.360. The van der Waals surface area contributed by atoms with Crippen molar-refractivity contribution in [1.29, 1.82) is 0 Å². The van der Waals surface area contributed by atoms with Crippen molar-refractivity contribution < 1.29 is 4.79 Å². The van der Waals surface area contributed by atoms with E-state index in [1.165, 1.54) is 0 Å². The zero-order valence-corrected chi connectivity index (χ0v) is 18.6. The molecular formula is C24H26N8O. The Morgan fingerprint density at radius 3 is 2.73 bits per heavy atom. The minimum atomic E-state index is -0.00378. The van der Waals surface area contributed by atoms with E-state index >= 15 is 0 Å². The number of pyridine rings is 1. The summed E-state index contributed by atoms with van der Waals surface area (Å²) in [7, 11) is 3.99. The minimum absolute atomic E-state index is 0.00378. The number of H-pyrrole nitrogens is 1. The van der Waals surface area contributed by atoms with Gasteiger partial charge in [-0.05, 0) is 63.5 Å². The molecule has 1 aromatic carbocycles. The summed E-state index contributed by atoms with van der Waals surface area (Å²) in [6, 6.07) is 13.1. The van der Waals surface area contributed by atoms with E-state index in [2.05, 4.69) is 40.5 Å². The van der Waals surface area contributed by atoms with Crippen LogP contribution in [0.25, 0.3) is 22.8 Å². The first-order chi connectivity index (χ1) is 16.1. The molecule has 0 radical (unpaired) electrons. The van der Waals surface area contributed by atoms with Gasteiger partial charge in [0.25, 0.3) is 0 Å². The number of nitrogens with one attached hydrogen (secondary N) is 3. The van der Waals surface area contributed by atoms with Crippen molar-refractivity contribution in [3.8, 4) is 22.8 Å². The van der Waals surface area contributed by atoms with Gasteiger partial charge in [-0.15, -0.1) is 0 Å². The lowest BCUT2D eigenvalue weighted by Gasteiger charge is -2.11. The highest BCUT2D eigenvalue weighted by atomic mass is 16.1. The van der Waals surface area contributed by atoms with Gasteiger partial charge in [-0.25, -0.2) is 15.0 Å². The molecule has 9 nitrogen and oxygen atoms in total. The Balaban J connectivity index is 1.42. The summed E-state index contributed by atoms with van der Waals surface area (Å²) in [6.07, 6.45) is 8.19. The largest absolute Gasteiger partial charge is 0.337 e. The van der Waals surface area contributed by atoms with Crippen LogP contribution in [0.5, 0.6) is 0 Å². The lowest BCUT2D eigenvalue weighted by molar-refractivity contribution is -0.116. The van der Waals surface area contributed by atoms with E-state index in [-0.39, 0.29) is 5.91 Å². The van der Waals surface area contributed by atoms with Crippen LogP contribution in [-0.4, -0.2) is 56.4 Å². The zero-order chi connectivity index (χ0) is 23.0. The fourth-order valence-corrected chi connectivity index (χ4v) is 3.25. The van der Waals surface area contributed by atoms with E-state index < -0.39 is 0 Å². The van der Waals surface area contributed by atoms with E-state index in [1.54, 1.807) is 24.8 Å². The topological polar surface area (TPSA) is 112 Å². The third-order valence-corrected chi connectivity index (χ3v) is 4.85. The van der Waals surface area contributed by atoms with Crippen molar-refractivity contribution in [2.24, 2.45) is 0 Å². The molecule has 0 spiro atoms. The molecule has 4 aromatic rings. The van der Waals surface area contributed by atoms with E-state index in [9.17, 15) is 4.79 Å². The highest BCUT2D eigenvalue weighted by Crippen LogP contribution is 2.22.